The molecule has 1 fully saturated rings. The summed E-state index contributed by atoms with van der Waals surface area (Å²) in [5, 5.41) is 3.15. The lowest BCUT2D eigenvalue weighted by Gasteiger charge is -2.27. The molecule has 0 radical (unpaired) electrons. The van der Waals surface area contributed by atoms with E-state index in [-0.39, 0.29) is 11.5 Å². The van der Waals surface area contributed by atoms with E-state index < -0.39 is 0 Å². The Balaban J connectivity index is 2.53. The highest BCUT2D eigenvalue weighted by Crippen LogP contribution is 2.27. The summed E-state index contributed by atoms with van der Waals surface area (Å²) in [6, 6.07) is -0.176. The second-order valence-corrected chi connectivity index (χ2v) is 6.13. The molecule has 98 valence electrons. The zero-order chi connectivity index (χ0) is 12.9. The number of carbonyl (C=O) groups is 1. The van der Waals surface area contributed by atoms with E-state index in [1.54, 1.807) is 0 Å². The number of hydrogen-bond donors (Lipinski definition) is 2. The van der Waals surface area contributed by atoms with E-state index in [0.29, 0.717) is 5.92 Å². The third-order valence-corrected chi connectivity index (χ3v) is 3.58. The monoisotopic (exact) mass is 238 g/mol. The van der Waals surface area contributed by atoms with Gasteiger partial charge in [0.25, 0.3) is 0 Å². The van der Waals surface area contributed by atoms with Crippen LogP contribution in [0.15, 0.2) is 11.9 Å². The molecule has 0 spiro atoms. The molecule has 1 atom stereocenters. The topological polar surface area (TPSA) is 55.1 Å². The van der Waals surface area contributed by atoms with Crippen molar-refractivity contribution >= 4 is 6.29 Å². The zero-order valence-electron chi connectivity index (χ0n) is 11.3. The molecule has 0 amide bonds. The number of nitrogens with one attached hydrogen (secondary N) is 1. The molecule has 3 nitrogen and oxygen atoms in total. The molecule has 0 heterocycles. The van der Waals surface area contributed by atoms with Crippen molar-refractivity contribution in [1.82, 2.24) is 5.32 Å². The molecule has 0 bridgehead atoms. The maximum atomic E-state index is 11.0. The van der Waals surface area contributed by atoms with E-state index in [1.165, 1.54) is 32.1 Å². The van der Waals surface area contributed by atoms with E-state index >= 15 is 0 Å². The van der Waals surface area contributed by atoms with Crippen molar-refractivity contribution < 1.29 is 4.79 Å². The fraction of sp³-hybridized carbons (Fsp3) is 0.786. The molecule has 1 saturated carbocycles. The Hall–Kier alpha value is -0.990. The maximum absolute atomic E-state index is 11.0. The molecule has 3 N–H and O–H groups in total. The Kier molecular flexibility index (Phi) is 5.03. The first-order chi connectivity index (χ1) is 7.95. The second-order valence-electron chi connectivity index (χ2n) is 6.13. The van der Waals surface area contributed by atoms with Crippen molar-refractivity contribution in [2.75, 3.05) is 0 Å². The third kappa shape index (κ3) is 4.41. The molecule has 0 aromatic carbocycles. The fourth-order valence-corrected chi connectivity index (χ4v) is 2.23. The van der Waals surface area contributed by atoms with Gasteiger partial charge in [-0.25, -0.2) is 0 Å². The van der Waals surface area contributed by atoms with Crippen LogP contribution in [0.5, 0.6) is 0 Å². The summed E-state index contributed by atoms with van der Waals surface area (Å²) < 4.78 is 0. The maximum Gasteiger partial charge on any atom is 0.142 e. The Morgan fingerprint density at radius 1 is 1.29 bits per heavy atom. The van der Waals surface area contributed by atoms with E-state index in [4.69, 9.17) is 5.73 Å². The third-order valence-electron chi connectivity index (χ3n) is 3.58. The van der Waals surface area contributed by atoms with Gasteiger partial charge in [-0.05, 0) is 24.2 Å². The van der Waals surface area contributed by atoms with E-state index in [2.05, 4.69) is 5.32 Å². The van der Waals surface area contributed by atoms with Crippen LogP contribution in [-0.2, 0) is 4.79 Å². The molecular weight excluding hydrogens is 212 g/mol. The quantitative estimate of drug-likeness (QED) is 0.740. The Bertz CT molecular complexity index is 272. The predicted molar refractivity (Wildman–Crippen MR) is 71.3 cm³/mol. The van der Waals surface area contributed by atoms with Crippen LogP contribution in [0, 0.1) is 11.3 Å². The SMILES string of the molecule is CC(C)(C)C(C=O)N/C=C(\N)C1CCCCC1. The van der Waals surface area contributed by atoms with Crippen LogP contribution >= 0.6 is 0 Å². The fourth-order valence-electron chi connectivity index (χ4n) is 2.23. The van der Waals surface area contributed by atoms with Gasteiger partial charge in [-0.15, -0.1) is 0 Å². The lowest BCUT2D eigenvalue weighted by Crippen LogP contribution is -2.39. The molecule has 3 heteroatoms. The largest absolute Gasteiger partial charge is 0.401 e. The summed E-state index contributed by atoms with van der Waals surface area (Å²) in [6.07, 6.45) is 9.06. The second kappa shape index (κ2) is 6.08. The van der Waals surface area contributed by atoms with Crippen molar-refractivity contribution in [2.45, 2.75) is 58.9 Å². The summed E-state index contributed by atoms with van der Waals surface area (Å²) in [4.78, 5) is 11.0. The van der Waals surface area contributed by atoms with Gasteiger partial charge in [0.15, 0.2) is 0 Å². The van der Waals surface area contributed by atoms with E-state index in [9.17, 15) is 4.79 Å². The highest BCUT2D eigenvalue weighted by Gasteiger charge is 2.23. The van der Waals surface area contributed by atoms with Gasteiger partial charge >= 0.3 is 0 Å². The summed E-state index contributed by atoms with van der Waals surface area (Å²) in [5.74, 6) is 0.503. The first-order valence-corrected chi connectivity index (χ1v) is 6.62. The average molecular weight is 238 g/mol. The van der Waals surface area contributed by atoms with Gasteiger partial charge in [0, 0.05) is 11.9 Å². The van der Waals surface area contributed by atoms with Gasteiger partial charge in [0.05, 0.1) is 6.04 Å². The summed E-state index contributed by atoms with van der Waals surface area (Å²) in [6.45, 7) is 6.14. The van der Waals surface area contributed by atoms with Crippen LogP contribution in [-0.4, -0.2) is 12.3 Å². The van der Waals surface area contributed by atoms with Crippen LogP contribution in [0.2, 0.25) is 0 Å². The number of hydrogen-bond acceptors (Lipinski definition) is 3. The van der Waals surface area contributed by atoms with Gasteiger partial charge in [-0.1, -0.05) is 40.0 Å². The highest BCUT2D eigenvalue weighted by atomic mass is 16.1. The molecule has 1 aliphatic rings. The van der Waals surface area contributed by atoms with Gasteiger partial charge < -0.3 is 15.8 Å². The predicted octanol–water partition coefficient (Wildman–Crippen LogP) is 2.57. The summed E-state index contributed by atoms with van der Waals surface area (Å²) >= 11 is 0. The molecule has 0 aliphatic heterocycles. The van der Waals surface area contributed by atoms with Crippen molar-refractivity contribution in [2.24, 2.45) is 17.1 Å². The summed E-state index contributed by atoms with van der Waals surface area (Å²) in [7, 11) is 0. The molecule has 1 aliphatic carbocycles. The average Bonchev–Trinajstić information content (AvgIpc) is 2.29. The van der Waals surface area contributed by atoms with E-state index in [0.717, 1.165) is 12.0 Å². The van der Waals surface area contributed by atoms with Gasteiger partial charge in [-0.3, -0.25) is 0 Å². The van der Waals surface area contributed by atoms with Crippen molar-refractivity contribution in [3.8, 4) is 0 Å². The first kappa shape index (κ1) is 14.1. The van der Waals surface area contributed by atoms with Crippen LogP contribution < -0.4 is 11.1 Å². The van der Waals surface area contributed by atoms with E-state index in [1.807, 2.05) is 27.0 Å². The molecule has 1 rings (SSSR count). The minimum Gasteiger partial charge on any atom is -0.401 e. The summed E-state index contributed by atoms with van der Waals surface area (Å²) in [5.41, 5.74) is 6.90. The van der Waals surface area contributed by atoms with Gasteiger partial charge in [0.2, 0.25) is 0 Å². The Labute approximate surface area is 105 Å². The Morgan fingerprint density at radius 3 is 2.35 bits per heavy atom. The van der Waals surface area contributed by atoms with Crippen LogP contribution in [0.3, 0.4) is 0 Å². The smallest absolute Gasteiger partial charge is 0.142 e. The molecule has 0 aromatic rings. The number of nitrogens with two attached hydrogens (primary N) is 1. The van der Waals surface area contributed by atoms with Crippen molar-refractivity contribution in [1.29, 1.82) is 0 Å². The molecular formula is C14H26N2O. The van der Waals surface area contributed by atoms with Gasteiger partial charge in [-0.2, -0.15) is 0 Å². The molecule has 0 aromatic heterocycles. The zero-order valence-corrected chi connectivity index (χ0v) is 11.3. The van der Waals surface area contributed by atoms with Crippen molar-refractivity contribution in [3.05, 3.63) is 11.9 Å². The van der Waals surface area contributed by atoms with Crippen LogP contribution in [0.1, 0.15) is 52.9 Å². The van der Waals surface area contributed by atoms with Crippen LogP contribution in [0.4, 0.5) is 0 Å². The van der Waals surface area contributed by atoms with Crippen molar-refractivity contribution in [3.63, 3.8) is 0 Å². The normalized spacial score (nSPS) is 21.0. The first-order valence-electron chi connectivity index (χ1n) is 6.62. The number of allylic oxidation sites excluding steroid dienone is 1. The lowest BCUT2D eigenvalue weighted by molar-refractivity contribution is -0.111. The lowest BCUT2D eigenvalue weighted by atomic mass is 9.86. The minimum atomic E-state index is -0.176. The molecule has 1 unspecified atom stereocenters. The number of aldehydes is 1. The Morgan fingerprint density at radius 2 is 1.88 bits per heavy atom. The number of rotatable bonds is 4. The van der Waals surface area contributed by atoms with Gasteiger partial charge in [0.1, 0.15) is 6.29 Å². The minimum absolute atomic E-state index is 0.0783. The molecule has 0 saturated heterocycles. The molecule has 17 heavy (non-hydrogen) atoms. The number of carbonyl (C=O) groups excluding carboxylic acids is 1. The highest BCUT2D eigenvalue weighted by molar-refractivity contribution is 5.59. The van der Waals surface area contributed by atoms with Crippen LogP contribution in [0.25, 0.3) is 0 Å². The standard InChI is InChI=1S/C14H26N2O/c1-14(2,3)13(10-17)16-9-12(15)11-7-5-4-6-8-11/h9-11,13,16H,4-8,15H2,1-3H3/b12-9-.